The Morgan fingerprint density at radius 3 is 2.68 bits per heavy atom. The fraction of sp³-hybridized carbons (Fsp3) is 0.412. The van der Waals surface area contributed by atoms with Crippen molar-refractivity contribution in [1.82, 2.24) is 14.9 Å². The van der Waals surface area contributed by atoms with E-state index in [1.807, 2.05) is 0 Å². The summed E-state index contributed by atoms with van der Waals surface area (Å²) in [6.07, 6.45) is -3.10. The fourth-order valence-electron chi connectivity index (χ4n) is 2.54. The van der Waals surface area contributed by atoms with Crippen LogP contribution in [0, 0.1) is 0 Å². The van der Waals surface area contributed by atoms with Crippen LogP contribution in [-0.2, 0) is 10.9 Å². The van der Waals surface area contributed by atoms with Crippen LogP contribution in [0.25, 0.3) is 11.3 Å². The lowest BCUT2D eigenvalue weighted by molar-refractivity contribution is -0.137. The van der Waals surface area contributed by atoms with Crippen molar-refractivity contribution in [3.8, 4) is 17.1 Å². The number of alkyl halides is 3. The zero-order chi connectivity index (χ0) is 17.7. The Kier molecular flexibility index (Phi) is 5.50. The predicted octanol–water partition coefficient (Wildman–Crippen LogP) is 2.87. The first kappa shape index (κ1) is 17.6. The molecule has 1 fully saturated rings. The SMILES string of the molecule is FC(F)(F)c1cccc(-c2cc(OCCN3CCOCC3)ncn2)c1. The van der Waals surface area contributed by atoms with E-state index in [9.17, 15) is 13.2 Å². The first-order valence-corrected chi connectivity index (χ1v) is 7.95. The molecular weight excluding hydrogens is 335 g/mol. The van der Waals surface area contributed by atoms with Gasteiger partial charge in [-0.05, 0) is 12.1 Å². The standard InChI is InChI=1S/C17H18F3N3O2/c18-17(19,20)14-3-1-2-13(10-14)15-11-16(22-12-21-15)25-9-6-23-4-7-24-8-5-23/h1-3,10-12H,4-9H2. The van der Waals surface area contributed by atoms with E-state index in [2.05, 4.69) is 14.9 Å². The van der Waals surface area contributed by atoms with Gasteiger partial charge in [0.25, 0.3) is 0 Å². The summed E-state index contributed by atoms with van der Waals surface area (Å²) in [5.41, 5.74) is 0.0520. The fourth-order valence-corrected chi connectivity index (χ4v) is 2.54. The molecule has 134 valence electrons. The second kappa shape index (κ2) is 7.79. The molecule has 0 amide bonds. The van der Waals surface area contributed by atoms with E-state index in [0.29, 0.717) is 37.0 Å². The van der Waals surface area contributed by atoms with Gasteiger partial charge >= 0.3 is 6.18 Å². The van der Waals surface area contributed by atoms with E-state index < -0.39 is 11.7 Å². The van der Waals surface area contributed by atoms with E-state index in [1.165, 1.54) is 12.4 Å². The normalized spacial score (nSPS) is 16.0. The lowest BCUT2D eigenvalue weighted by Gasteiger charge is -2.26. The summed E-state index contributed by atoms with van der Waals surface area (Å²) in [6, 6.07) is 6.59. The molecular formula is C17H18F3N3O2. The summed E-state index contributed by atoms with van der Waals surface area (Å²) in [6.45, 7) is 4.34. The number of aromatic nitrogens is 2. The van der Waals surface area contributed by atoms with Gasteiger partial charge in [-0.25, -0.2) is 9.97 Å². The van der Waals surface area contributed by atoms with Gasteiger partial charge in [0.05, 0.1) is 24.5 Å². The smallest absolute Gasteiger partial charge is 0.416 e. The topological polar surface area (TPSA) is 47.5 Å². The van der Waals surface area contributed by atoms with Crippen molar-refractivity contribution >= 4 is 0 Å². The molecule has 1 aliphatic heterocycles. The summed E-state index contributed by atoms with van der Waals surface area (Å²) in [5, 5.41) is 0. The summed E-state index contributed by atoms with van der Waals surface area (Å²) in [4.78, 5) is 10.3. The minimum atomic E-state index is -4.39. The number of morpholine rings is 1. The minimum Gasteiger partial charge on any atom is -0.476 e. The average Bonchev–Trinajstić information content (AvgIpc) is 2.62. The van der Waals surface area contributed by atoms with Crippen LogP contribution < -0.4 is 4.74 Å². The minimum absolute atomic E-state index is 0.343. The number of rotatable bonds is 5. The highest BCUT2D eigenvalue weighted by atomic mass is 19.4. The van der Waals surface area contributed by atoms with Gasteiger partial charge in [-0.15, -0.1) is 0 Å². The Hall–Kier alpha value is -2.19. The summed E-state index contributed by atoms with van der Waals surface area (Å²) < 4.78 is 49.4. The maximum absolute atomic E-state index is 12.8. The molecule has 1 aliphatic rings. The largest absolute Gasteiger partial charge is 0.476 e. The van der Waals surface area contributed by atoms with Crippen molar-refractivity contribution in [1.29, 1.82) is 0 Å². The molecule has 25 heavy (non-hydrogen) atoms. The quantitative estimate of drug-likeness (QED) is 0.827. The summed E-state index contributed by atoms with van der Waals surface area (Å²) in [7, 11) is 0. The molecule has 0 aliphatic carbocycles. The zero-order valence-electron chi connectivity index (χ0n) is 13.5. The van der Waals surface area contributed by atoms with E-state index >= 15 is 0 Å². The molecule has 0 unspecified atom stereocenters. The van der Waals surface area contributed by atoms with E-state index in [0.717, 1.165) is 31.8 Å². The van der Waals surface area contributed by atoms with E-state index in [4.69, 9.17) is 9.47 Å². The molecule has 2 aromatic rings. The third-order valence-corrected chi connectivity index (χ3v) is 3.89. The van der Waals surface area contributed by atoms with Gasteiger partial charge in [0, 0.05) is 31.3 Å². The third-order valence-electron chi connectivity index (χ3n) is 3.89. The second-order valence-corrected chi connectivity index (χ2v) is 5.62. The van der Waals surface area contributed by atoms with Crippen LogP contribution >= 0.6 is 0 Å². The van der Waals surface area contributed by atoms with Crippen molar-refractivity contribution in [2.75, 3.05) is 39.5 Å². The first-order chi connectivity index (χ1) is 12.0. The molecule has 5 nitrogen and oxygen atoms in total. The lowest BCUT2D eigenvalue weighted by atomic mass is 10.1. The van der Waals surface area contributed by atoms with Gasteiger partial charge in [-0.3, -0.25) is 4.90 Å². The maximum Gasteiger partial charge on any atom is 0.416 e. The molecule has 1 aromatic carbocycles. The molecule has 0 radical (unpaired) electrons. The molecule has 0 bridgehead atoms. The number of hydrogen-bond acceptors (Lipinski definition) is 5. The molecule has 8 heteroatoms. The van der Waals surface area contributed by atoms with E-state index in [1.54, 1.807) is 12.1 Å². The molecule has 0 saturated carbocycles. The molecule has 0 N–H and O–H groups in total. The monoisotopic (exact) mass is 353 g/mol. The number of benzene rings is 1. The molecule has 0 spiro atoms. The average molecular weight is 353 g/mol. The third kappa shape index (κ3) is 4.90. The van der Waals surface area contributed by atoms with Crippen LogP contribution in [0.2, 0.25) is 0 Å². The van der Waals surface area contributed by atoms with Gasteiger partial charge in [0.2, 0.25) is 5.88 Å². The highest BCUT2D eigenvalue weighted by molar-refractivity contribution is 5.60. The zero-order valence-corrected chi connectivity index (χ0v) is 13.5. The van der Waals surface area contributed by atoms with Gasteiger partial charge in [-0.2, -0.15) is 13.2 Å². The van der Waals surface area contributed by atoms with Crippen LogP contribution in [-0.4, -0.2) is 54.3 Å². The summed E-state index contributed by atoms with van der Waals surface area (Å²) >= 11 is 0. The predicted molar refractivity (Wildman–Crippen MR) is 85.2 cm³/mol. The van der Waals surface area contributed by atoms with Gasteiger partial charge in [0.1, 0.15) is 12.9 Å². The Labute approximate surface area is 143 Å². The van der Waals surface area contributed by atoms with Crippen molar-refractivity contribution in [3.05, 3.63) is 42.2 Å². The first-order valence-electron chi connectivity index (χ1n) is 7.95. The highest BCUT2D eigenvalue weighted by Crippen LogP contribution is 2.32. The number of halogens is 3. The van der Waals surface area contributed by atoms with Crippen molar-refractivity contribution in [2.45, 2.75) is 6.18 Å². The van der Waals surface area contributed by atoms with Crippen molar-refractivity contribution in [2.24, 2.45) is 0 Å². The Bertz CT molecular complexity index is 704. The Balaban J connectivity index is 1.65. The lowest BCUT2D eigenvalue weighted by Crippen LogP contribution is -2.38. The summed E-state index contributed by atoms with van der Waals surface area (Å²) in [5.74, 6) is 0.343. The number of nitrogens with zero attached hydrogens (tertiary/aromatic N) is 3. The van der Waals surface area contributed by atoms with Crippen LogP contribution in [0.4, 0.5) is 13.2 Å². The van der Waals surface area contributed by atoms with Crippen LogP contribution in [0.5, 0.6) is 5.88 Å². The van der Waals surface area contributed by atoms with Crippen molar-refractivity contribution in [3.63, 3.8) is 0 Å². The molecule has 1 aromatic heterocycles. The van der Waals surface area contributed by atoms with Crippen molar-refractivity contribution < 1.29 is 22.6 Å². The number of hydrogen-bond donors (Lipinski definition) is 0. The Morgan fingerprint density at radius 2 is 1.92 bits per heavy atom. The second-order valence-electron chi connectivity index (χ2n) is 5.62. The van der Waals surface area contributed by atoms with Crippen LogP contribution in [0.3, 0.4) is 0 Å². The highest BCUT2D eigenvalue weighted by Gasteiger charge is 2.30. The van der Waals surface area contributed by atoms with Crippen LogP contribution in [0.1, 0.15) is 5.56 Å². The van der Waals surface area contributed by atoms with Gasteiger partial charge < -0.3 is 9.47 Å². The maximum atomic E-state index is 12.8. The number of ether oxygens (including phenoxy) is 2. The molecule has 3 rings (SSSR count). The van der Waals surface area contributed by atoms with Gasteiger partial charge in [0.15, 0.2) is 0 Å². The van der Waals surface area contributed by atoms with Gasteiger partial charge in [-0.1, -0.05) is 12.1 Å². The Morgan fingerprint density at radius 1 is 1.12 bits per heavy atom. The molecule has 1 saturated heterocycles. The molecule has 0 atom stereocenters. The molecule has 2 heterocycles. The van der Waals surface area contributed by atoms with E-state index in [-0.39, 0.29) is 0 Å². The van der Waals surface area contributed by atoms with Crippen LogP contribution in [0.15, 0.2) is 36.7 Å².